The van der Waals surface area contributed by atoms with E-state index >= 15 is 0 Å². The summed E-state index contributed by atoms with van der Waals surface area (Å²) in [4.78, 5) is 2.69. The molecule has 0 saturated carbocycles. The van der Waals surface area contributed by atoms with Gasteiger partial charge in [0, 0.05) is 12.6 Å². The van der Waals surface area contributed by atoms with Crippen molar-refractivity contribution >= 4 is 0 Å². The molecule has 1 heterocycles. The maximum atomic E-state index is 3.34. The molecule has 96 valence electrons. The summed E-state index contributed by atoms with van der Waals surface area (Å²) in [5.74, 6) is 2.57. The van der Waals surface area contributed by atoms with Crippen LogP contribution in [-0.2, 0) is 0 Å². The lowest BCUT2D eigenvalue weighted by Crippen LogP contribution is -2.48. The zero-order valence-corrected chi connectivity index (χ0v) is 11.8. The van der Waals surface area contributed by atoms with Crippen LogP contribution in [0, 0.1) is 17.8 Å². The smallest absolute Gasteiger partial charge is 0.0243 e. The van der Waals surface area contributed by atoms with Gasteiger partial charge in [-0.25, -0.2) is 0 Å². The standard InChI is InChI=1S/C14H30N2/c1-11(2)13-6-8-16(9-7-13)14(10-15-5)12(3)4/h11-15H,6-10H2,1-5H3. The molecule has 16 heavy (non-hydrogen) atoms. The molecule has 0 aromatic heterocycles. The molecule has 1 fully saturated rings. The maximum absolute atomic E-state index is 3.34. The van der Waals surface area contributed by atoms with Gasteiger partial charge in [0.15, 0.2) is 0 Å². The van der Waals surface area contributed by atoms with E-state index in [1.165, 1.54) is 25.9 Å². The van der Waals surface area contributed by atoms with Gasteiger partial charge in [-0.2, -0.15) is 0 Å². The molecule has 0 aliphatic carbocycles. The van der Waals surface area contributed by atoms with E-state index in [0.29, 0.717) is 0 Å². The van der Waals surface area contributed by atoms with Gasteiger partial charge < -0.3 is 5.32 Å². The lowest BCUT2D eigenvalue weighted by molar-refractivity contribution is 0.0909. The predicted molar refractivity (Wildman–Crippen MR) is 71.7 cm³/mol. The number of likely N-dealkylation sites (tertiary alicyclic amines) is 1. The van der Waals surface area contributed by atoms with Crippen molar-refractivity contribution in [2.24, 2.45) is 17.8 Å². The van der Waals surface area contributed by atoms with Crippen molar-refractivity contribution in [3.8, 4) is 0 Å². The van der Waals surface area contributed by atoms with Crippen LogP contribution in [0.3, 0.4) is 0 Å². The zero-order valence-electron chi connectivity index (χ0n) is 11.8. The molecule has 2 heteroatoms. The van der Waals surface area contributed by atoms with Gasteiger partial charge in [-0.15, -0.1) is 0 Å². The number of hydrogen-bond donors (Lipinski definition) is 1. The van der Waals surface area contributed by atoms with Gasteiger partial charge in [-0.05, 0) is 50.7 Å². The topological polar surface area (TPSA) is 15.3 Å². The molecule has 1 rings (SSSR count). The largest absolute Gasteiger partial charge is 0.318 e. The van der Waals surface area contributed by atoms with Gasteiger partial charge in [-0.1, -0.05) is 27.7 Å². The van der Waals surface area contributed by atoms with Crippen LogP contribution in [0.4, 0.5) is 0 Å². The van der Waals surface area contributed by atoms with Crippen LogP contribution in [0.25, 0.3) is 0 Å². The summed E-state index contributed by atoms with van der Waals surface area (Å²) >= 11 is 0. The number of likely N-dealkylation sites (N-methyl/N-ethyl adjacent to an activating group) is 1. The van der Waals surface area contributed by atoms with Crippen molar-refractivity contribution in [2.75, 3.05) is 26.7 Å². The molecule has 2 nitrogen and oxygen atoms in total. The van der Waals surface area contributed by atoms with E-state index in [1.54, 1.807) is 0 Å². The van der Waals surface area contributed by atoms with Crippen LogP contribution in [-0.4, -0.2) is 37.6 Å². The van der Waals surface area contributed by atoms with Crippen molar-refractivity contribution in [1.29, 1.82) is 0 Å². The fraction of sp³-hybridized carbons (Fsp3) is 1.00. The Morgan fingerprint density at radius 1 is 1.12 bits per heavy atom. The number of nitrogens with one attached hydrogen (secondary N) is 1. The van der Waals surface area contributed by atoms with Crippen LogP contribution in [0.5, 0.6) is 0 Å². The average molecular weight is 226 g/mol. The molecule has 1 atom stereocenters. The van der Waals surface area contributed by atoms with Crippen molar-refractivity contribution in [3.05, 3.63) is 0 Å². The van der Waals surface area contributed by atoms with E-state index in [0.717, 1.165) is 30.3 Å². The predicted octanol–water partition coefficient (Wildman–Crippen LogP) is 2.60. The molecule has 0 radical (unpaired) electrons. The normalized spacial score (nSPS) is 21.9. The zero-order chi connectivity index (χ0) is 12.1. The highest BCUT2D eigenvalue weighted by Crippen LogP contribution is 2.26. The van der Waals surface area contributed by atoms with Crippen LogP contribution in [0.15, 0.2) is 0 Å². The van der Waals surface area contributed by atoms with Crippen LogP contribution >= 0.6 is 0 Å². The second-order valence-electron chi connectivity index (χ2n) is 5.99. The lowest BCUT2D eigenvalue weighted by Gasteiger charge is -2.40. The Hall–Kier alpha value is -0.0800. The molecule has 1 unspecified atom stereocenters. The van der Waals surface area contributed by atoms with Gasteiger partial charge >= 0.3 is 0 Å². The van der Waals surface area contributed by atoms with E-state index in [9.17, 15) is 0 Å². The minimum absolute atomic E-state index is 0.720. The second-order valence-corrected chi connectivity index (χ2v) is 5.99. The molecular formula is C14H30N2. The van der Waals surface area contributed by atoms with Gasteiger partial charge in [-0.3, -0.25) is 4.90 Å². The van der Waals surface area contributed by atoms with Gasteiger partial charge in [0.25, 0.3) is 0 Å². The van der Waals surface area contributed by atoms with Crippen LogP contribution in [0.1, 0.15) is 40.5 Å². The molecule has 1 saturated heterocycles. The monoisotopic (exact) mass is 226 g/mol. The molecule has 0 aromatic rings. The van der Waals surface area contributed by atoms with Crippen LogP contribution in [0.2, 0.25) is 0 Å². The van der Waals surface area contributed by atoms with Crippen molar-refractivity contribution in [1.82, 2.24) is 10.2 Å². The number of rotatable bonds is 5. The first-order valence-electron chi connectivity index (χ1n) is 6.95. The number of hydrogen-bond acceptors (Lipinski definition) is 2. The Bertz CT molecular complexity index is 181. The van der Waals surface area contributed by atoms with Gasteiger partial charge in [0.2, 0.25) is 0 Å². The SMILES string of the molecule is CNCC(C(C)C)N1CCC(C(C)C)CC1. The third-order valence-electron chi connectivity index (χ3n) is 4.17. The maximum Gasteiger partial charge on any atom is 0.0243 e. The lowest BCUT2D eigenvalue weighted by atomic mass is 9.85. The van der Waals surface area contributed by atoms with E-state index in [2.05, 4.69) is 45.0 Å². The second kappa shape index (κ2) is 6.61. The Balaban J connectivity index is 2.44. The fourth-order valence-electron chi connectivity index (χ4n) is 2.91. The average Bonchev–Trinajstić information content (AvgIpc) is 2.25. The van der Waals surface area contributed by atoms with Crippen LogP contribution < -0.4 is 5.32 Å². The van der Waals surface area contributed by atoms with E-state index < -0.39 is 0 Å². The van der Waals surface area contributed by atoms with E-state index in [-0.39, 0.29) is 0 Å². The molecule has 1 N–H and O–H groups in total. The molecule has 0 aromatic carbocycles. The summed E-state index contributed by atoms with van der Waals surface area (Å²) < 4.78 is 0. The summed E-state index contributed by atoms with van der Waals surface area (Å²) in [5.41, 5.74) is 0. The van der Waals surface area contributed by atoms with Gasteiger partial charge in [0.05, 0.1) is 0 Å². The Labute approximate surface area is 102 Å². The van der Waals surface area contributed by atoms with Gasteiger partial charge in [0.1, 0.15) is 0 Å². The van der Waals surface area contributed by atoms with Crippen molar-refractivity contribution < 1.29 is 0 Å². The highest BCUT2D eigenvalue weighted by molar-refractivity contribution is 4.82. The van der Waals surface area contributed by atoms with Crippen molar-refractivity contribution in [2.45, 2.75) is 46.6 Å². The highest BCUT2D eigenvalue weighted by Gasteiger charge is 2.27. The highest BCUT2D eigenvalue weighted by atomic mass is 15.2. The molecular weight excluding hydrogens is 196 g/mol. The summed E-state index contributed by atoms with van der Waals surface area (Å²) in [6.07, 6.45) is 2.79. The number of piperidine rings is 1. The molecule has 0 amide bonds. The van der Waals surface area contributed by atoms with E-state index in [4.69, 9.17) is 0 Å². The third-order valence-corrected chi connectivity index (χ3v) is 4.17. The minimum atomic E-state index is 0.720. The summed E-state index contributed by atoms with van der Waals surface area (Å²) in [7, 11) is 2.07. The minimum Gasteiger partial charge on any atom is -0.318 e. The van der Waals surface area contributed by atoms with Crippen molar-refractivity contribution in [3.63, 3.8) is 0 Å². The number of nitrogens with zero attached hydrogens (tertiary/aromatic N) is 1. The Morgan fingerprint density at radius 3 is 2.06 bits per heavy atom. The quantitative estimate of drug-likeness (QED) is 0.775. The molecule has 0 bridgehead atoms. The summed E-state index contributed by atoms with van der Waals surface area (Å²) in [6.45, 7) is 13.2. The van der Waals surface area contributed by atoms with E-state index in [1.807, 2.05) is 0 Å². The first-order chi connectivity index (χ1) is 7.56. The Kier molecular flexibility index (Phi) is 5.77. The molecule has 1 aliphatic heterocycles. The summed E-state index contributed by atoms with van der Waals surface area (Å²) in [6, 6.07) is 0.720. The fourth-order valence-corrected chi connectivity index (χ4v) is 2.91. The Morgan fingerprint density at radius 2 is 1.69 bits per heavy atom. The molecule has 1 aliphatic rings. The summed E-state index contributed by atoms with van der Waals surface area (Å²) in [5, 5.41) is 3.34. The molecule has 0 spiro atoms. The first kappa shape index (κ1) is 14.0. The first-order valence-corrected chi connectivity index (χ1v) is 6.95. The third kappa shape index (κ3) is 3.74.